The lowest BCUT2D eigenvalue weighted by atomic mass is 9.45. The summed E-state index contributed by atoms with van der Waals surface area (Å²) in [5.41, 5.74) is 4.52. The number of hydrogen-bond acceptors (Lipinski definition) is 2. The van der Waals surface area contributed by atoms with E-state index in [0.717, 1.165) is 16.8 Å². The maximum Gasteiger partial charge on any atom is 0.264 e. The van der Waals surface area contributed by atoms with E-state index in [2.05, 4.69) is 19.6 Å². The number of para-hydroxylation sites is 1. The first-order valence-corrected chi connectivity index (χ1v) is 10.6. The van der Waals surface area contributed by atoms with Crippen molar-refractivity contribution in [2.45, 2.75) is 37.0 Å². The van der Waals surface area contributed by atoms with E-state index in [1.807, 2.05) is 37.3 Å². The van der Waals surface area contributed by atoms with Crippen LogP contribution in [-0.4, -0.2) is 15.0 Å². The van der Waals surface area contributed by atoms with Crippen LogP contribution < -0.4 is 4.31 Å². The average Bonchev–Trinajstić information content (AvgIpc) is 3.45. The lowest BCUT2D eigenvalue weighted by Gasteiger charge is -2.62. The van der Waals surface area contributed by atoms with Crippen molar-refractivity contribution in [1.82, 2.24) is 0 Å². The first kappa shape index (κ1) is 16.1. The summed E-state index contributed by atoms with van der Waals surface area (Å²) in [7, 11) is -3.59. The smallest absolute Gasteiger partial charge is 0.264 e. The van der Waals surface area contributed by atoms with E-state index in [4.69, 9.17) is 0 Å². The largest absolute Gasteiger partial charge is 0.265 e. The monoisotopic (exact) mass is 365 g/mol. The molecule has 0 bridgehead atoms. The van der Waals surface area contributed by atoms with Crippen molar-refractivity contribution in [2.24, 2.45) is 11.3 Å². The molecule has 0 unspecified atom stereocenters. The molecule has 0 saturated heterocycles. The Labute approximate surface area is 155 Å². The maximum atomic E-state index is 13.4. The van der Waals surface area contributed by atoms with Crippen LogP contribution in [0, 0.1) is 18.3 Å². The van der Waals surface area contributed by atoms with Gasteiger partial charge in [-0.3, -0.25) is 4.31 Å². The van der Waals surface area contributed by atoms with Gasteiger partial charge in [0.25, 0.3) is 10.0 Å². The van der Waals surface area contributed by atoms with Crippen molar-refractivity contribution in [1.29, 1.82) is 0 Å². The molecule has 0 amide bonds. The minimum atomic E-state index is -3.59. The van der Waals surface area contributed by atoms with Crippen LogP contribution in [0.3, 0.4) is 0 Å². The molecular weight excluding hydrogens is 342 g/mol. The highest BCUT2D eigenvalue weighted by molar-refractivity contribution is 7.92. The molecule has 2 atom stereocenters. The van der Waals surface area contributed by atoms with Crippen LogP contribution in [-0.2, 0) is 15.4 Å². The van der Waals surface area contributed by atoms with Crippen LogP contribution >= 0.6 is 0 Å². The summed E-state index contributed by atoms with van der Waals surface area (Å²) in [6.07, 6.45) is 2.36. The second kappa shape index (κ2) is 4.80. The van der Waals surface area contributed by atoms with Gasteiger partial charge in [-0.05, 0) is 43.5 Å². The molecule has 0 aromatic heterocycles. The van der Waals surface area contributed by atoms with Gasteiger partial charge in [0, 0.05) is 23.3 Å². The molecule has 2 aliphatic carbocycles. The van der Waals surface area contributed by atoms with Crippen LogP contribution in [0.25, 0.3) is 0 Å². The second-order valence-electron chi connectivity index (χ2n) is 8.23. The molecule has 2 aromatic carbocycles. The van der Waals surface area contributed by atoms with Crippen molar-refractivity contribution in [2.75, 3.05) is 10.8 Å². The topological polar surface area (TPSA) is 37.4 Å². The fraction of sp³-hybridized carbons (Fsp3) is 0.364. The maximum absolute atomic E-state index is 13.4. The van der Waals surface area contributed by atoms with Crippen LogP contribution in [0.5, 0.6) is 0 Å². The number of hydrogen-bond donors (Lipinski definition) is 0. The predicted molar refractivity (Wildman–Crippen MR) is 104 cm³/mol. The van der Waals surface area contributed by atoms with Crippen molar-refractivity contribution < 1.29 is 8.42 Å². The van der Waals surface area contributed by atoms with Gasteiger partial charge in [-0.1, -0.05) is 55.0 Å². The minimum absolute atomic E-state index is 0.0139. The Bertz CT molecular complexity index is 1030. The highest BCUT2D eigenvalue weighted by atomic mass is 32.2. The molecule has 2 fully saturated rings. The minimum Gasteiger partial charge on any atom is -0.265 e. The van der Waals surface area contributed by atoms with Crippen molar-refractivity contribution in [3.8, 4) is 0 Å². The van der Waals surface area contributed by atoms with Crippen LogP contribution in [0.4, 0.5) is 5.69 Å². The first-order valence-electron chi connectivity index (χ1n) is 9.20. The zero-order valence-corrected chi connectivity index (χ0v) is 16.0. The predicted octanol–water partition coefficient (Wildman–Crippen LogP) is 4.43. The average molecular weight is 365 g/mol. The van der Waals surface area contributed by atoms with Gasteiger partial charge < -0.3 is 0 Å². The van der Waals surface area contributed by atoms with E-state index in [1.54, 1.807) is 16.4 Å². The van der Waals surface area contributed by atoms with E-state index in [0.29, 0.717) is 11.4 Å². The summed E-state index contributed by atoms with van der Waals surface area (Å²) < 4.78 is 28.5. The molecule has 134 valence electrons. The van der Waals surface area contributed by atoms with Gasteiger partial charge in [-0.15, -0.1) is 0 Å². The summed E-state index contributed by atoms with van der Waals surface area (Å²) >= 11 is 0. The molecule has 5 rings (SSSR count). The Hall–Kier alpha value is -2.07. The van der Waals surface area contributed by atoms with Gasteiger partial charge in [0.15, 0.2) is 0 Å². The summed E-state index contributed by atoms with van der Waals surface area (Å²) in [4.78, 5) is 0.354. The third-order valence-electron chi connectivity index (χ3n) is 7.17. The Morgan fingerprint density at radius 2 is 1.73 bits per heavy atom. The SMILES string of the molecule is C=C1[C@@H]2CN(S(=O)(=O)c3ccc(C)cc3)c3ccccc3[C@]2(C)C12CC2. The van der Waals surface area contributed by atoms with Gasteiger partial charge in [-0.25, -0.2) is 8.42 Å². The summed E-state index contributed by atoms with van der Waals surface area (Å²) in [5, 5.41) is 0. The lowest BCUT2D eigenvalue weighted by Crippen LogP contribution is -2.62. The quantitative estimate of drug-likeness (QED) is 0.739. The number of aryl methyl sites for hydroxylation is 1. The molecule has 26 heavy (non-hydrogen) atoms. The highest BCUT2D eigenvalue weighted by Crippen LogP contribution is 2.78. The van der Waals surface area contributed by atoms with Gasteiger partial charge in [-0.2, -0.15) is 0 Å². The van der Waals surface area contributed by atoms with E-state index >= 15 is 0 Å². The van der Waals surface area contributed by atoms with E-state index in [9.17, 15) is 8.42 Å². The number of anilines is 1. The van der Waals surface area contributed by atoms with Crippen molar-refractivity contribution >= 4 is 15.7 Å². The number of rotatable bonds is 2. The van der Waals surface area contributed by atoms with Crippen LogP contribution in [0.15, 0.2) is 65.6 Å². The summed E-state index contributed by atoms with van der Waals surface area (Å²) in [6.45, 7) is 9.13. The van der Waals surface area contributed by atoms with Crippen molar-refractivity contribution in [3.63, 3.8) is 0 Å². The molecule has 4 heteroatoms. The molecule has 0 radical (unpaired) electrons. The molecule has 2 aromatic rings. The highest BCUT2D eigenvalue weighted by Gasteiger charge is 2.73. The molecular formula is C22H23NO2S. The molecule has 1 aliphatic heterocycles. The fourth-order valence-corrected chi connectivity index (χ4v) is 6.93. The third kappa shape index (κ3) is 1.71. The Balaban J connectivity index is 1.67. The zero-order chi connectivity index (χ0) is 18.3. The molecule has 1 heterocycles. The standard InChI is InChI=1S/C22H23NO2S/c1-15-8-10-17(11-9-15)26(24,25)23-14-19-16(2)22(12-13-22)21(19,3)18-6-4-5-7-20(18)23/h4-11,19H,2,12-14H2,1,3H3/t19-,21-/m0/s1. The Morgan fingerprint density at radius 1 is 1.08 bits per heavy atom. The van der Waals surface area contributed by atoms with Gasteiger partial charge >= 0.3 is 0 Å². The summed E-state index contributed by atoms with van der Waals surface area (Å²) in [5.74, 6) is 0.195. The number of nitrogens with zero attached hydrogens (tertiary/aromatic N) is 1. The van der Waals surface area contributed by atoms with E-state index in [1.165, 1.54) is 18.4 Å². The van der Waals surface area contributed by atoms with Crippen LogP contribution in [0.2, 0.25) is 0 Å². The Morgan fingerprint density at radius 3 is 2.38 bits per heavy atom. The molecule has 3 aliphatic rings. The number of fused-ring (bicyclic) bond motifs is 4. The van der Waals surface area contributed by atoms with Crippen LogP contribution in [0.1, 0.15) is 30.9 Å². The molecule has 0 N–H and O–H groups in total. The lowest BCUT2D eigenvalue weighted by molar-refractivity contribution is 0.111. The Kier molecular flexibility index (Phi) is 2.98. The fourth-order valence-electron chi connectivity index (χ4n) is 5.43. The van der Waals surface area contributed by atoms with E-state index in [-0.39, 0.29) is 16.7 Å². The number of sulfonamides is 1. The summed E-state index contributed by atoms with van der Waals surface area (Å²) in [6, 6.07) is 15.2. The van der Waals surface area contributed by atoms with E-state index < -0.39 is 10.0 Å². The second-order valence-corrected chi connectivity index (χ2v) is 10.1. The number of benzene rings is 2. The molecule has 1 spiro atoms. The molecule has 2 saturated carbocycles. The first-order chi connectivity index (χ1) is 12.3. The van der Waals surface area contributed by atoms with Gasteiger partial charge in [0.05, 0.1) is 10.6 Å². The third-order valence-corrected chi connectivity index (χ3v) is 8.96. The van der Waals surface area contributed by atoms with Gasteiger partial charge in [0.1, 0.15) is 0 Å². The van der Waals surface area contributed by atoms with Gasteiger partial charge in [0.2, 0.25) is 0 Å². The zero-order valence-electron chi connectivity index (χ0n) is 15.2. The van der Waals surface area contributed by atoms with Crippen molar-refractivity contribution in [3.05, 3.63) is 71.8 Å². The molecule has 3 nitrogen and oxygen atoms in total. The normalized spacial score (nSPS) is 28.3.